The SMILES string of the molecule is CC(C)(C)OC(=O)c1ccc(I)cc1N. The van der Waals surface area contributed by atoms with Gasteiger partial charge in [0.1, 0.15) is 5.60 Å². The molecule has 1 aromatic rings. The third kappa shape index (κ3) is 3.70. The number of hydrogen-bond acceptors (Lipinski definition) is 3. The average Bonchev–Trinajstić information content (AvgIpc) is 1.99. The van der Waals surface area contributed by atoms with Gasteiger partial charge < -0.3 is 10.5 Å². The van der Waals surface area contributed by atoms with Crippen LogP contribution < -0.4 is 5.73 Å². The molecule has 0 saturated heterocycles. The number of halogens is 1. The first-order chi connectivity index (χ1) is 6.79. The van der Waals surface area contributed by atoms with Crippen LogP contribution >= 0.6 is 22.6 Å². The van der Waals surface area contributed by atoms with E-state index in [1.54, 1.807) is 12.1 Å². The number of nitrogen functional groups attached to an aromatic ring is 1. The summed E-state index contributed by atoms with van der Waals surface area (Å²) in [6.45, 7) is 5.48. The Balaban J connectivity index is 2.92. The summed E-state index contributed by atoms with van der Waals surface area (Å²) < 4.78 is 6.22. The van der Waals surface area contributed by atoms with Gasteiger partial charge in [0, 0.05) is 9.26 Å². The van der Waals surface area contributed by atoms with Crippen LogP contribution in [0.1, 0.15) is 31.1 Å². The topological polar surface area (TPSA) is 52.3 Å². The van der Waals surface area contributed by atoms with E-state index in [-0.39, 0.29) is 5.97 Å². The Hall–Kier alpha value is -0.780. The number of hydrogen-bond donors (Lipinski definition) is 1. The number of nitrogens with two attached hydrogens (primary N) is 1. The van der Waals surface area contributed by atoms with Crippen LogP contribution in [0.25, 0.3) is 0 Å². The highest BCUT2D eigenvalue weighted by molar-refractivity contribution is 14.1. The van der Waals surface area contributed by atoms with Gasteiger partial charge in [0.2, 0.25) is 0 Å². The van der Waals surface area contributed by atoms with Crippen LogP contribution in [0.2, 0.25) is 0 Å². The smallest absolute Gasteiger partial charge is 0.340 e. The van der Waals surface area contributed by atoms with Crippen molar-refractivity contribution < 1.29 is 9.53 Å². The van der Waals surface area contributed by atoms with E-state index in [9.17, 15) is 4.79 Å². The molecule has 0 atom stereocenters. The number of esters is 1. The summed E-state index contributed by atoms with van der Waals surface area (Å²) in [7, 11) is 0. The molecule has 0 heterocycles. The van der Waals surface area contributed by atoms with Crippen molar-refractivity contribution in [2.24, 2.45) is 0 Å². The van der Waals surface area contributed by atoms with Gasteiger partial charge in [-0.25, -0.2) is 4.79 Å². The Kier molecular flexibility index (Phi) is 3.59. The second kappa shape index (κ2) is 4.38. The second-order valence-electron chi connectivity index (χ2n) is 4.23. The Labute approximate surface area is 103 Å². The summed E-state index contributed by atoms with van der Waals surface area (Å²) in [6.07, 6.45) is 0. The minimum atomic E-state index is -0.494. The highest BCUT2D eigenvalue weighted by Crippen LogP contribution is 2.19. The monoisotopic (exact) mass is 319 g/mol. The summed E-state index contributed by atoms with van der Waals surface area (Å²) in [6, 6.07) is 5.27. The van der Waals surface area contributed by atoms with Gasteiger partial charge in [-0.2, -0.15) is 0 Å². The zero-order chi connectivity index (χ0) is 11.6. The summed E-state index contributed by atoms with van der Waals surface area (Å²) in [4.78, 5) is 11.7. The van der Waals surface area contributed by atoms with Crippen molar-refractivity contribution in [3.8, 4) is 0 Å². The first kappa shape index (κ1) is 12.3. The van der Waals surface area contributed by atoms with Crippen molar-refractivity contribution in [3.63, 3.8) is 0 Å². The molecule has 82 valence electrons. The molecule has 15 heavy (non-hydrogen) atoms. The number of carbonyl (C=O) groups excluding carboxylic acids is 1. The van der Waals surface area contributed by atoms with Crippen LogP contribution in [0, 0.1) is 3.57 Å². The lowest BCUT2D eigenvalue weighted by molar-refractivity contribution is 0.00708. The lowest BCUT2D eigenvalue weighted by atomic mass is 10.1. The number of carbonyl (C=O) groups is 1. The zero-order valence-corrected chi connectivity index (χ0v) is 11.2. The van der Waals surface area contributed by atoms with Gasteiger partial charge >= 0.3 is 5.97 Å². The van der Waals surface area contributed by atoms with Crippen molar-refractivity contribution >= 4 is 34.2 Å². The van der Waals surface area contributed by atoms with Gasteiger partial charge in [0.15, 0.2) is 0 Å². The molecule has 0 spiro atoms. The second-order valence-corrected chi connectivity index (χ2v) is 5.48. The third-order valence-corrected chi connectivity index (χ3v) is 2.30. The summed E-state index contributed by atoms with van der Waals surface area (Å²) in [5, 5.41) is 0. The Morgan fingerprint density at radius 3 is 2.47 bits per heavy atom. The van der Waals surface area contributed by atoms with Gasteiger partial charge in [0.25, 0.3) is 0 Å². The molecule has 0 aliphatic rings. The maximum atomic E-state index is 11.7. The molecule has 0 unspecified atom stereocenters. The molecule has 3 nitrogen and oxygen atoms in total. The largest absolute Gasteiger partial charge is 0.456 e. The minimum absolute atomic E-state index is 0.378. The fourth-order valence-electron chi connectivity index (χ4n) is 1.05. The van der Waals surface area contributed by atoms with Crippen LogP contribution in [-0.2, 0) is 4.74 Å². The highest BCUT2D eigenvalue weighted by atomic mass is 127. The standard InChI is InChI=1S/C11H14INO2/c1-11(2,3)15-10(14)8-5-4-7(12)6-9(8)13/h4-6H,13H2,1-3H3. The van der Waals surface area contributed by atoms with E-state index >= 15 is 0 Å². The molecule has 0 aliphatic carbocycles. The van der Waals surface area contributed by atoms with Crippen molar-refractivity contribution in [2.45, 2.75) is 26.4 Å². The predicted molar refractivity (Wildman–Crippen MR) is 68.7 cm³/mol. The Morgan fingerprint density at radius 2 is 2.00 bits per heavy atom. The molecule has 0 radical (unpaired) electrons. The molecule has 4 heteroatoms. The number of benzene rings is 1. The average molecular weight is 319 g/mol. The van der Waals surface area contributed by atoms with Crippen LogP contribution in [0.3, 0.4) is 0 Å². The Morgan fingerprint density at radius 1 is 1.40 bits per heavy atom. The normalized spacial score (nSPS) is 11.2. The molecule has 0 saturated carbocycles. The van der Waals surface area contributed by atoms with Crippen molar-refractivity contribution in [1.82, 2.24) is 0 Å². The zero-order valence-electron chi connectivity index (χ0n) is 9.00. The highest BCUT2D eigenvalue weighted by Gasteiger charge is 2.19. The Bertz CT molecular complexity index is 383. The van der Waals surface area contributed by atoms with Crippen LogP contribution in [0.5, 0.6) is 0 Å². The summed E-state index contributed by atoms with van der Waals surface area (Å²) >= 11 is 2.14. The van der Waals surface area contributed by atoms with Crippen molar-refractivity contribution in [2.75, 3.05) is 5.73 Å². The van der Waals surface area contributed by atoms with E-state index in [4.69, 9.17) is 10.5 Å². The molecule has 1 rings (SSSR count). The fourth-order valence-corrected chi connectivity index (χ4v) is 1.57. The molecule has 0 aromatic heterocycles. The maximum absolute atomic E-state index is 11.7. The lowest BCUT2D eigenvalue weighted by Gasteiger charge is -2.20. The predicted octanol–water partition coefficient (Wildman–Crippen LogP) is 2.83. The molecule has 2 N–H and O–H groups in total. The van der Waals surface area contributed by atoms with E-state index in [1.165, 1.54) is 0 Å². The number of ether oxygens (including phenoxy) is 1. The quantitative estimate of drug-likeness (QED) is 0.492. The molecule has 1 aromatic carbocycles. The minimum Gasteiger partial charge on any atom is -0.456 e. The molecule has 0 fully saturated rings. The van der Waals surface area contributed by atoms with Gasteiger partial charge in [-0.15, -0.1) is 0 Å². The summed E-state index contributed by atoms with van der Waals surface area (Å²) in [5.41, 5.74) is 6.12. The maximum Gasteiger partial charge on any atom is 0.340 e. The van der Waals surface area contributed by atoms with Crippen LogP contribution in [0.15, 0.2) is 18.2 Å². The van der Waals surface area contributed by atoms with Gasteiger partial charge in [-0.05, 0) is 61.6 Å². The number of anilines is 1. The van der Waals surface area contributed by atoms with Gasteiger partial charge in [-0.3, -0.25) is 0 Å². The van der Waals surface area contributed by atoms with E-state index < -0.39 is 5.60 Å². The lowest BCUT2D eigenvalue weighted by Crippen LogP contribution is -2.24. The third-order valence-electron chi connectivity index (χ3n) is 1.63. The molecule has 0 bridgehead atoms. The molecule has 0 amide bonds. The van der Waals surface area contributed by atoms with Crippen molar-refractivity contribution in [3.05, 3.63) is 27.3 Å². The van der Waals surface area contributed by atoms with E-state index in [0.29, 0.717) is 11.3 Å². The summed E-state index contributed by atoms with van der Waals surface area (Å²) in [5.74, 6) is -0.378. The molecular formula is C11H14INO2. The van der Waals surface area contributed by atoms with Crippen LogP contribution in [0.4, 0.5) is 5.69 Å². The molecule has 0 aliphatic heterocycles. The first-order valence-corrected chi connectivity index (χ1v) is 5.66. The van der Waals surface area contributed by atoms with Crippen molar-refractivity contribution in [1.29, 1.82) is 0 Å². The fraction of sp³-hybridized carbons (Fsp3) is 0.364. The van der Waals surface area contributed by atoms with Gasteiger partial charge in [-0.1, -0.05) is 0 Å². The van der Waals surface area contributed by atoms with Gasteiger partial charge in [0.05, 0.1) is 5.56 Å². The molecular weight excluding hydrogens is 305 g/mol. The number of rotatable bonds is 1. The van der Waals surface area contributed by atoms with E-state index in [2.05, 4.69) is 22.6 Å². The van der Waals surface area contributed by atoms with E-state index in [0.717, 1.165) is 3.57 Å². The van der Waals surface area contributed by atoms with E-state index in [1.807, 2.05) is 26.8 Å². The van der Waals surface area contributed by atoms with Crippen LogP contribution in [-0.4, -0.2) is 11.6 Å². The first-order valence-electron chi connectivity index (χ1n) is 4.58.